The van der Waals surface area contributed by atoms with Crippen LogP contribution >= 0.6 is 23.2 Å². The molecule has 1 atom stereocenters. The monoisotopic (exact) mass is 302 g/mol. The van der Waals surface area contributed by atoms with E-state index >= 15 is 0 Å². The van der Waals surface area contributed by atoms with E-state index in [2.05, 4.69) is 0 Å². The van der Waals surface area contributed by atoms with Gasteiger partial charge in [-0.2, -0.15) is 0 Å². The molecule has 1 N–H and O–H groups in total. The van der Waals surface area contributed by atoms with Gasteiger partial charge < -0.3 is 5.11 Å². The maximum absolute atomic E-state index is 13.6. The molecule has 1 nitrogen and oxygen atoms in total. The van der Waals surface area contributed by atoms with Gasteiger partial charge in [-0.25, -0.2) is 8.78 Å². The van der Waals surface area contributed by atoms with Gasteiger partial charge in [0.05, 0.1) is 6.10 Å². The lowest BCUT2D eigenvalue weighted by molar-refractivity contribution is 0.177. The first-order chi connectivity index (χ1) is 8.97. The first-order valence-electron chi connectivity index (χ1n) is 5.54. The van der Waals surface area contributed by atoms with Gasteiger partial charge in [0.25, 0.3) is 0 Å². The highest BCUT2D eigenvalue weighted by atomic mass is 35.5. The van der Waals surface area contributed by atoms with Crippen molar-refractivity contribution < 1.29 is 13.9 Å². The van der Waals surface area contributed by atoms with E-state index in [9.17, 15) is 13.9 Å². The van der Waals surface area contributed by atoms with Crippen molar-refractivity contribution in [3.8, 4) is 0 Å². The fourth-order valence-corrected chi connectivity index (χ4v) is 2.23. The minimum atomic E-state index is -1.01. The molecule has 0 aromatic heterocycles. The number of aliphatic hydroxyl groups is 1. The lowest BCUT2D eigenvalue weighted by Crippen LogP contribution is -2.04. The van der Waals surface area contributed by atoms with Crippen LogP contribution in [0.25, 0.3) is 0 Å². The zero-order valence-corrected chi connectivity index (χ0v) is 11.2. The number of aliphatic hydroxyl groups excluding tert-OH is 1. The summed E-state index contributed by atoms with van der Waals surface area (Å²) in [7, 11) is 0. The summed E-state index contributed by atoms with van der Waals surface area (Å²) in [5.41, 5.74) is 0.676. The zero-order valence-electron chi connectivity index (χ0n) is 9.71. The van der Waals surface area contributed by atoms with Crippen LogP contribution in [0.2, 0.25) is 10.0 Å². The predicted octanol–water partition coefficient (Wildman–Crippen LogP) is 4.55. The second-order valence-electron chi connectivity index (χ2n) is 4.12. The molecule has 100 valence electrons. The molecule has 0 bridgehead atoms. The smallest absolute Gasteiger partial charge is 0.127 e. The third kappa shape index (κ3) is 3.44. The van der Waals surface area contributed by atoms with E-state index in [0.717, 1.165) is 6.07 Å². The van der Waals surface area contributed by atoms with Crippen molar-refractivity contribution in [2.75, 3.05) is 0 Å². The minimum Gasteiger partial charge on any atom is -0.388 e. The summed E-state index contributed by atoms with van der Waals surface area (Å²) in [5.74, 6) is -0.983. The highest BCUT2D eigenvalue weighted by Crippen LogP contribution is 2.27. The van der Waals surface area contributed by atoms with E-state index in [1.807, 2.05) is 0 Å². The lowest BCUT2D eigenvalue weighted by atomic mass is 10.0. The molecule has 0 fully saturated rings. The van der Waals surface area contributed by atoms with Gasteiger partial charge in [-0.3, -0.25) is 0 Å². The molecule has 0 heterocycles. The molecule has 0 amide bonds. The largest absolute Gasteiger partial charge is 0.388 e. The van der Waals surface area contributed by atoms with E-state index in [-0.39, 0.29) is 16.5 Å². The Balaban J connectivity index is 2.23. The molecule has 2 aromatic rings. The fraction of sp³-hybridized carbons (Fsp3) is 0.143. The molecular formula is C14H10Cl2F2O. The highest BCUT2D eigenvalue weighted by Gasteiger charge is 2.15. The molecule has 2 aromatic carbocycles. The number of benzene rings is 2. The van der Waals surface area contributed by atoms with Gasteiger partial charge in [-0.1, -0.05) is 35.3 Å². The molecule has 0 saturated carbocycles. The normalized spacial score (nSPS) is 12.5. The quantitative estimate of drug-likeness (QED) is 0.882. The van der Waals surface area contributed by atoms with Gasteiger partial charge in [0.2, 0.25) is 0 Å². The summed E-state index contributed by atoms with van der Waals surface area (Å²) in [5, 5.41) is 10.4. The van der Waals surface area contributed by atoms with Gasteiger partial charge >= 0.3 is 0 Å². The molecule has 1 unspecified atom stereocenters. The van der Waals surface area contributed by atoms with Crippen molar-refractivity contribution in [1.82, 2.24) is 0 Å². The Labute approximate surface area is 119 Å². The number of rotatable bonds is 3. The molecule has 19 heavy (non-hydrogen) atoms. The van der Waals surface area contributed by atoms with Crippen molar-refractivity contribution in [2.45, 2.75) is 12.5 Å². The number of hydrogen-bond donors (Lipinski definition) is 1. The first kappa shape index (κ1) is 14.3. The number of halogens is 4. The average Bonchev–Trinajstić information content (AvgIpc) is 2.32. The Bertz CT molecular complexity index is 602. The third-order valence-electron chi connectivity index (χ3n) is 2.75. The molecule has 0 aliphatic rings. The molecule has 0 aliphatic heterocycles. The summed E-state index contributed by atoms with van der Waals surface area (Å²) in [4.78, 5) is 0. The van der Waals surface area contributed by atoms with Gasteiger partial charge in [-0.05, 0) is 35.4 Å². The van der Waals surface area contributed by atoms with Crippen LogP contribution < -0.4 is 0 Å². The summed E-state index contributed by atoms with van der Waals surface area (Å²) in [6.45, 7) is 0. The van der Waals surface area contributed by atoms with Crippen LogP contribution in [-0.4, -0.2) is 5.11 Å². The second-order valence-corrected chi connectivity index (χ2v) is 4.97. The molecular weight excluding hydrogens is 293 g/mol. The molecule has 0 aliphatic carbocycles. The van der Waals surface area contributed by atoms with Crippen molar-refractivity contribution in [2.24, 2.45) is 0 Å². The topological polar surface area (TPSA) is 20.2 Å². The van der Waals surface area contributed by atoms with Crippen LogP contribution in [0.3, 0.4) is 0 Å². The summed E-state index contributed by atoms with van der Waals surface area (Å²) >= 11 is 11.5. The molecule has 5 heteroatoms. The second kappa shape index (κ2) is 5.87. The van der Waals surface area contributed by atoms with Crippen molar-refractivity contribution in [1.29, 1.82) is 0 Å². The minimum absolute atomic E-state index is 0.0361. The van der Waals surface area contributed by atoms with Crippen LogP contribution in [0.4, 0.5) is 8.78 Å². The molecule has 0 radical (unpaired) electrons. The van der Waals surface area contributed by atoms with Crippen LogP contribution in [0.5, 0.6) is 0 Å². The van der Waals surface area contributed by atoms with Gasteiger partial charge in [0.1, 0.15) is 11.6 Å². The van der Waals surface area contributed by atoms with Gasteiger partial charge in [0, 0.05) is 16.5 Å². The summed E-state index contributed by atoms with van der Waals surface area (Å²) < 4.78 is 26.5. The van der Waals surface area contributed by atoms with E-state index in [1.165, 1.54) is 24.3 Å². The van der Waals surface area contributed by atoms with E-state index < -0.39 is 17.7 Å². The lowest BCUT2D eigenvalue weighted by Gasteiger charge is -2.13. The average molecular weight is 303 g/mol. The summed E-state index contributed by atoms with van der Waals surface area (Å²) in [6.07, 6.45) is -0.974. The molecule has 0 spiro atoms. The Morgan fingerprint density at radius 3 is 2.42 bits per heavy atom. The van der Waals surface area contributed by atoms with Crippen molar-refractivity contribution in [3.63, 3.8) is 0 Å². The summed E-state index contributed by atoms with van der Waals surface area (Å²) in [6, 6.07) is 7.91. The standard InChI is InChI=1S/C14H10Cl2F2O/c15-9-2-1-8(13(18)6-9)5-14(19)11-4-3-10(17)7-12(11)16/h1-4,6-7,14,19H,5H2. The Kier molecular flexibility index (Phi) is 4.40. The zero-order chi connectivity index (χ0) is 14.0. The predicted molar refractivity (Wildman–Crippen MR) is 71.5 cm³/mol. The maximum Gasteiger partial charge on any atom is 0.127 e. The first-order valence-corrected chi connectivity index (χ1v) is 6.30. The maximum atomic E-state index is 13.6. The van der Waals surface area contributed by atoms with Crippen molar-refractivity contribution in [3.05, 3.63) is 69.2 Å². The molecule has 0 saturated heterocycles. The Hall–Kier alpha value is -1.16. The fourth-order valence-electron chi connectivity index (χ4n) is 1.78. The van der Waals surface area contributed by atoms with Gasteiger partial charge in [-0.15, -0.1) is 0 Å². The van der Waals surface area contributed by atoms with Crippen LogP contribution in [0.15, 0.2) is 36.4 Å². The van der Waals surface area contributed by atoms with Crippen LogP contribution in [-0.2, 0) is 6.42 Å². The Morgan fingerprint density at radius 2 is 1.79 bits per heavy atom. The number of hydrogen-bond acceptors (Lipinski definition) is 1. The van der Waals surface area contributed by atoms with Gasteiger partial charge in [0.15, 0.2) is 0 Å². The van der Waals surface area contributed by atoms with E-state index in [4.69, 9.17) is 23.2 Å². The highest BCUT2D eigenvalue weighted by molar-refractivity contribution is 6.31. The van der Waals surface area contributed by atoms with Crippen LogP contribution in [0, 0.1) is 11.6 Å². The SMILES string of the molecule is OC(Cc1ccc(Cl)cc1F)c1ccc(F)cc1Cl. The van der Waals surface area contributed by atoms with Crippen molar-refractivity contribution >= 4 is 23.2 Å². The third-order valence-corrected chi connectivity index (χ3v) is 3.31. The van der Waals surface area contributed by atoms with E-state index in [0.29, 0.717) is 11.1 Å². The Morgan fingerprint density at radius 1 is 1.05 bits per heavy atom. The molecule has 2 rings (SSSR count). The van der Waals surface area contributed by atoms with E-state index in [1.54, 1.807) is 6.07 Å². The van der Waals surface area contributed by atoms with Crippen LogP contribution in [0.1, 0.15) is 17.2 Å².